The molecule has 2 amide bonds. The Bertz CT molecular complexity index is 921. The summed E-state index contributed by atoms with van der Waals surface area (Å²) in [5.41, 5.74) is 3.47. The average Bonchev–Trinajstić information content (AvgIpc) is 3.09. The summed E-state index contributed by atoms with van der Waals surface area (Å²) in [4.78, 5) is 33.4. The Labute approximate surface area is 137 Å². The molecule has 4 rings (SSSR count). The second kappa shape index (κ2) is 5.34. The van der Waals surface area contributed by atoms with Crippen molar-refractivity contribution in [1.82, 2.24) is 14.9 Å². The van der Waals surface area contributed by atoms with E-state index in [4.69, 9.17) is 0 Å². The molecule has 0 radical (unpaired) electrons. The fraction of sp³-hybridized carbons (Fsp3) is 0.0556. The first-order chi connectivity index (χ1) is 11.6. The first kappa shape index (κ1) is 14.2. The smallest absolute Gasteiger partial charge is 0.259 e. The van der Waals surface area contributed by atoms with Crippen LogP contribution in [-0.4, -0.2) is 33.2 Å². The average molecular weight is 318 g/mol. The molecule has 0 unspecified atom stereocenters. The van der Waals surface area contributed by atoms with Gasteiger partial charge in [-0.05, 0) is 18.2 Å². The molecule has 2 aromatic carbocycles. The van der Waals surface area contributed by atoms with Gasteiger partial charge in [-0.15, -0.1) is 0 Å². The molecule has 6 heteroatoms. The van der Waals surface area contributed by atoms with Gasteiger partial charge in [-0.25, -0.2) is 4.98 Å². The van der Waals surface area contributed by atoms with Crippen LogP contribution in [0.2, 0.25) is 0 Å². The third-order valence-electron chi connectivity index (χ3n) is 3.99. The van der Waals surface area contributed by atoms with E-state index in [1.807, 2.05) is 36.4 Å². The number of benzene rings is 2. The molecule has 1 aliphatic heterocycles. The molecule has 0 bridgehead atoms. The van der Waals surface area contributed by atoms with Crippen LogP contribution in [0.3, 0.4) is 0 Å². The van der Waals surface area contributed by atoms with Crippen molar-refractivity contribution >= 4 is 34.5 Å². The highest BCUT2D eigenvalue weighted by molar-refractivity contribution is 6.11. The number of nitrogens with one attached hydrogen (secondary N) is 2. The number of hydrogen-bond donors (Lipinski definition) is 2. The molecule has 3 aromatic rings. The van der Waals surface area contributed by atoms with Gasteiger partial charge >= 0.3 is 0 Å². The highest BCUT2D eigenvalue weighted by Crippen LogP contribution is 2.30. The zero-order valence-corrected chi connectivity index (χ0v) is 12.7. The number of hydrogen-bond acceptors (Lipinski definition) is 3. The lowest BCUT2D eigenvalue weighted by atomic mass is 10.1. The Morgan fingerprint density at radius 1 is 1.12 bits per heavy atom. The summed E-state index contributed by atoms with van der Waals surface area (Å²) in [5.74, 6) is -0.192. The van der Waals surface area contributed by atoms with E-state index in [0.29, 0.717) is 17.2 Å². The van der Waals surface area contributed by atoms with E-state index >= 15 is 0 Å². The first-order valence-corrected chi connectivity index (χ1v) is 7.48. The van der Waals surface area contributed by atoms with Crippen LogP contribution >= 0.6 is 0 Å². The maximum absolute atomic E-state index is 12.4. The molecular formula is C18H14N4O2. The Morgan fingerprint density at radius 3 is 2.58 bits per heavy atom. The topological polar surface area (TPSA) is 78.1 Å². The lowest BCUT2D eigenvalue weighted by Crippen LogP contribution is -2.32. The quantitative estimate of drug-likeness (QED) is 0.779. The summed E-state index contributed by atoms with van der Waals surface area (Å²) in [6.07, 6.45) is 0. The molecule has 0 fully saturated rings. The van der Waals surface area contributed by atoms with Gasteiger partial charge in [0.25, 0.3) is 5.91 Å². The maximum Gasteiger partial charge on any atom is 0.259 e. The van der Waals surface area contributed by atoms with E-state index in [1.165, 1.54) is 4.90 Å². The number of para-hydroxylation sites is 2. The lowest BCUT2D eigenvalue weighted by Gasteiger charge is -2.16. The van der Waals surface area contributed by atoms with Gasteiger partial charge in [0.1, 0.15) is 6.54 Å². The zero-order chi connectivity index (χ0) is 16.7. The van der Waals surface area contributed by atoms with Crippen LogP contribution in [0.25, 0.3) is 16.7 Å². The van der Waals surface area contributed by atoms with Gasteiger partial charge in [0.05, 0.1) is 11.0 Å². The van der Waals surface area contributed by atoms with Gasteiger partial charge in [0, 0.05) is 16.8 Å². The van der Waals surface area contributed by atoms with Gasteiger partial charge in [-0.2, -0.15) is 0 Å². The van der Waals surface area contributed by atoms with E-state index in [1.54, 1.807) is 12.1 Å². The monoisotopic (exact) mass is 318 g/mol. The predicted octanol–water partition coefficient (Wildman–Crippen LogP) is 2.63. The van der Waals surface area contributed by atoms with Crippen LogP contribution < -0.4 is 5.32 Å². The number of carbonyl (C=O) groups is 2. The van der Waals surface area contributed by atoms with Crippen LogP contribution in [0.1, 0.15) is 15.9 Å². The summed E-state index contributed by atoms with van der Waals surface area (Å²) < 4.78 is 0. The molecule has 6 nitrogen and oxygen atoms in total. The number of amides is 2. The van der Waals surface area contributed by atoms with E-state index in [2.05, 4.69) is 21.9 Å². The largest absolute Gasteiger partial charge is 0.324 e. The van der Waals surface area contributed by atoms with Crippen molar-refractivity contribution in [3.05, 3.63) is 66.2 Å². The molecule has 1 aromatic heterocycles. The van der Waals surface area contributed by atoms with Gasteiger partial charge in [0.2, 0.25) is 11.9 Å². The number of aromatic nitrogens is 2. The zero-order valence-electron chi connectivity index (χ0n) is 12.7. The summed E-state index contributed by atoms with van der Waals surface area (Å²) >= 11 is 0. The second-order valence-corrected chi connectivity index (χ2v) is 5.53. The molecule has 2 heterocycles. The fourth-order valence-corrected chi connectivity index (χ4v) is 2.83. The highest BCUT2D eigenvalue weighted by Gasteiger charge is 2.31. The van der Waals surface area contributed by atoms with Crippen molar-refractivity contribution in [3.63, 3.8) is 0 Å². The van der Waals surface area contributed by atoms with Crippen molar-refractivity contribution in [1.29, 1.82) is 0 Å². The van der Waals surface area contributed by atoms with E-state index in [0.717, 1.165) is 16.6 Å². The lowest BCUT2D eigenvalue weighted by molar-refractivity contribution is -0.116. The van der Waals surface area contributed by atoms with Gasteiger partial charge in [-0.3, -0.25) is 19.8 Å². The SMILES string of the molecule is C=C1c2ccccc2C(=O)N1CC(=O)Nc1nc2ccccc2[nH]1. The van der Waals surface area contributed by atoms with Crippen molar-refractivity contribution in [2.75, 3.05) is 11.9 Å². The number of rotatable bonds is 3. The minimum absolute atomic E-state index is 0.108. The molecule has 0 atom stereocenters. The van der Waals surface area contributed by atoms with Crippen molar-refractivity contribution in [3.8, 4) is 0 Å². The van der Waals surface area contributed by atoms with Crippen molar-refractivity contribution in [2.45, 2.75) is 0 Å². The number of anilines is 1. The number of imidazole rings is 1. The molecular weight excluding hydrogens is 304 g/mol. The van der Waals surface area contributed by atoms with Crippen LogP contribution in [0, 0.1) is 0 Å². The second-order valence-electron chi connectivity index (χ2n) is 5.53. The molecule has 24 heavy (non-hydrogen) atoms. The van der Waals surface area contributed by atoms with Crippen molar-refractivity contribution in [2.24, 2.45) is 0 Å². The third kappa shape index (κ3) is 2.25. The normalized spacial score (nSPS) is 13.4. The highest BCUT2D eigenvalue weighted by atomic mass is 16.2. The molecule has 1 aliphatic rings. The number of carbonyl (C=O) groups excluding carboxylic acids is 2. The molecule has 0 spiro atoms. The van der Waals surface area contributed by atoms with E-state index in [9.17, 15) is 9.59 Å². The number of nitrogens with zero attached hydrogens (tertiary/aromatic N) is 2. The van der Waals surface area contributed by atoms with Crippen LogP contribution in [0.5, 0.6) is 0 Å². The summed E-state index contributed by atoms with van der Waals surface area (Å²) in [5, 5.41) is 2.69. The Balaban J connectivity index is 1.51. The van der Waals surface area contributed by atoms with E-state index in [-0.39, 0.29) is 18.4 Å². The standard InChI is InChI=1S/C18H14N4O2/c1-11-12-6-2-3-7-13(12)17(24)22(11)10-16(23)21-18-19-14-8-4-5-9-15(14)20-18/h2-9H,1,10H2,(H2,19,20,21,23). The van der Waals surface area contributed by atoms with Crippen molar-refractivity contribution < 1.29 is 9.59 Å². The minimum Gasteiger partial charge on any atom is -0.324 e. The van der Waals surface area contributed by atoms with Crippen LogP contribution in [-0.2, 0) is 4.79 Å². The van der Waals surface area contributed by atoms with Gasteiger partial charge in [-0.1, -0.05) is 36.9 Å². The van der Waals surface area contributed by atoms with Crippen LogP contribution in [0.15, 0.2) is 55.1 Å². The molecule has 2 N–H and O–H groups in total. The summed E-state index contributed by atoms with van der Waals surface area (Å²) in [6, 6.07) is 14.7. The molecule has 118 valence electrons. The van der Waals surface area contributed by atoms with Gasteiger partial charge < -0.3 is 4.98 Å². The third-order valence-corrected chi connectivity index (χ3v) is 3.99. The van der Waals surface area contributed by atoms with Gasteiger partial charge in [0.15, 0.2) is 0 Å². The Hall–Kier alpha value is -3.41. The maximum atomic E-state index is 12.4. The number of fused-ring (bicyclic) bond motifs is 2. The molecule has 0 saturated heterocycles. The Kier molecular flexibility index (Phi) is 3.16. The molecule has 0 aliphatic carbocycles. The summed E-state index contributed by atoms with van der Waals surface area (Å²) in [7, 11) is 0. The van der Waals surface area contributed by atoms with E-state index < -0.39 is 0 Å². The van der Waals surface area contributed by atoms with Crippen LogP contribution in [0.4, 0.5) is 5.95 Å². The number of aromatic amines is 1. The first-order valence-electron chi connectivity index (χ1n) is 7.48. The Morgan fingerprint density at radius 2 is 1.83 bits per heavy atom. The molecule has 0 saturated carbocycles. The minimum atomic E-state index is -0.337. The summed E-state index contributed by atoms with van der Waals surface area (Å²) in [6.45, 7) is 3.82. The number of H-pyrrole nitrogens is 1. The predicted molar refractivity (Wildman–Crippen MR) is 91.2 cm³/mol. The fourth-order valence-electron chi connectivity index (χ4n) is 2.83.